The topological polar surface area (TPSA) is 121 Å². The lowest BCUT2D eigenvalue weighted by Crippen LogP contribution is -2.56. The molecule has 2 saturated heterocycles. The molecule has 3 aromatic rings. The first-order chi connectivity index (χ1) is 20.1. The van der Waals surface area contributed by atoms with Crippen molar-refractivity contribution in [1.82, 2.24) is 35.6 Å². The Kier molecular flexibility index (Phi) is 8.11. The first-order valence-electron chi connectivity index (χ1n) is 14.9. The lowest BCUT2D eigenvalue weighted by Gasteiger charge is -2.41. The van der Waals surface area contributed by atoms with E-state index >= 15 is 0 Å². The highest BCUT2D eigenvalue weighted by Gasteiger charge is 2.44. The molecule has 0 radical (unpaired) electrons. The number of fused-ring (bicyclic) bond motifs is 2. The summed E-state index contributed by atoms with van der Waals surface area (Å²) in [6.45, 7) is 4.57. The predicted octanol–water partition coefficient (Wildman–Crippen LogP) is 2.14. The lowest BCUT2D eigenvalue weighted by molar-refractivity contribution is -0.136. The number of aromatic nitrogens is 5. The highest BCUT2D eigenvalue weighted by atomic mass is 16.2. The second-order valence-electron chi connectivity index (χ2n) is 11.6. The largest absolute Gasteiger partial charge is 0.356 e. The fourth-order valence-electron chi connectivity index (χ4n) is 6.28. The maximum absolute atomic E-state index is 14.2. The van der Waals surface area contributed by atoms with E-state index in [1.165, 1.54) is 19.3 Å². The van der Waals surface area contributed by atoms with Crippen LogP contribution in [0.15, 0.2) is 48.9 Å². The number of piperidine rings is 2. The van der Waals surface area contributed by atoms with E-state index in [-0.39, 0.29) is 11.8 Å². The molecule has 11 heteroatoms. The van der Waals surface area contributed by atoms with Gasteiger partial charge < -0.3 is 20.4 Å². The summed E-state index contributed by atoms with van der Waals surface area (Å²) in [4.78, 5) is 41.2. The molecule has 0 saturated carbocycles. The zero-order chi connectivity index (χ0) is 28.1. The minimum Gasteiger partial charge on any atom is -0.356 e. The summed E-state index contributed by atoms with van der Waals surface area (Å²) in [6.07, 6.45) is 10.1. The molecule has 216 valence electrons. The Labute approximate surface area is 240 Å². The van der Waals surface area contributed by atoms with Crippen molar-refractivity contribution in [2.45, 2.75) is 64.0 Å². The SMILES string of the molecule is O=C1NCCCn2cc(nn2)CC2(CCN(c3cc(N4CCCCC4)ncn3)CC2)C(=O)N[C@H]1Cc1ccccc1. The highest BCUT2D eigenvalue weighted by Crippen LogP contribution is 2.37. The summed E-state index contributed by atoms with van der Waals surface area (Å²) in [6, 6.07) is 11.3. The van der Waals surface area contributed by atoms with Crippen molar-refractivity contribution < 1.29 is 9.59 Å². The van der Waals surface area contributed by atoms with Gasteiger partial charge in [-0.1, -0.05) is 35.5 Å². The molecular formula is C30H39N9O2. The summed E-state index contributed by atoms with van der Waals surface area (Å²) in [5, 5.41) is 14.9. The maximum atomic E-state index is 14.2. The van der Waals surface area contributed by atoms with Crippen LogP contribution in [0, 0.1) is 5.41 Å². The molecule has 2 aromatic heterocycles. The minimum absolute atomic E-state index is 0.0984. The third-order valence-corrected chi connectivity index (χ3v) is 8.72. The van der Waals surface area contributed by atoms with Crippen LogP contribution < -0.4 is 20.4 Å². The average Bonchev–Trinajstić information content (AvgIpc) is 3.46. The molecule has 3 aliphatic rings. The molecular weight excluding hydrogens is 518 g/mol. The summed E-state index contributed by atoms with van der Waals surface area (Å²) >= 11 is 0. The molecule has 1 spiro atoms. The Balaban J connectivity index is 1.23. The summed E-state index contributed by atoms with van der Waals surface area (Å²) in [5.41, 5.74) is 1.11. The minimum atomic E-state index is -0.705. The second-order valence-corrected chi connectivity index (χ2v) is 11.6. The van der Waals surface area contributed by atoms with Crippen LogP contribution in [0.5, 0.6) is 0 Å². The maximum Gasteiger partial charge on any atom is 0.242 e. The normalized spacial score (nSPS) is 21.8. The van der Waals surface area contributed by atoms with E-state index in [9.17, 15) is 9.59 Å². The van der Waals surface area contributed by atoms with Gasteiger partial charge in [0, 0.05) is 64.4 Å². The van der Waals surface area contributed by atoms with Gasteiger partial charge >= 0.3 is 0 Å². The van der Waals surface area contributed by atoms with Crippen molar-refractivity contribution in [2.24, 2.45) is 5.41 Å². The molecule has 2 fully saturated rings. The first-order valence-corrected chi connectivity index (χ1v) is 14.9. The van der Waals surface area contributed by atoms with Crippen LogP contribution in [0.4, 0.5) is 11.6 Å². The van der Waals surface area contributed by atoms with Crippen molar-refractivity contribution in [2.75, 3.05) is 42.5 Å². The molecule has 3 aliphatic heterocycles. The zero-order valence-corrected chi connectivity index (χ0v) is 23.5. The Morgan fingerprint density at radius 3 is 2.37 bits per heavy atom. The number of aryl methyl sites for hydroxylation is 1. The molecule has 1 aromatic carbocycles. The Morgan fingerprint density at radius 1 is 0.878 bits per heavy atom. The van der Waals surface area contributed by atoms with Crippen molar-refractivity contribution in [3.63, 3.8) is 0 Å². The molecule has 2 N–H and O–H groups in total. The fraction of sp³-hybridized carbons (Fsp3) is 0.533. The van der Waals surface area contributed by atoms with E-state index in [4.69, 9.17) is 0 Å². The van der Waals surface area contributed by atoms with Gasteiger partial charge in [0.1, 0.15) is 24.0 Å². The Morgan fingerprint density at radius 2 is 1.61 bits per heavy atom. The van der Waals surface area contributed by atoms with E-state index in [1.54, 1.807) is 6.33 Å². The summed E-state index contributed by atoms with van der Waals surface area (Å²) < 4.78 is 1.81. The van der Waals surface area contributed by atoms with Gasteiger partial charge in [-0.3, -0.25) is 14.3 Å². The second kappa shape index (κ2) is 12.2. The smallest absolute Gasteiger partial charge is 0.242 e. The molecule has 2 bridgehead atoms. The number of nitrogens with one attached hydrogen (secondary N) is 2. The molecule has 6 rings (SSSR count). The molecule has 2 amide bonds. The fourth-order valence-corrected chi connectivity index (χ4v) is 6.28. The van der Waals surface area contributed by atoms with Gasteiger partial charge in [0.05, 0.1) is 11.1 Å². The van der Waals surface area contributed by atoms with Gasteiger partial charge in [0.25, 0.3) is 0 Å². The number of nitrogens with zero attached hydrogens (tertiary/aromatic N) is 7. The van der Waals surface area contributed by atoms with Gasteiger partial charge in [0.15, 0.2) is 0 Å². The van der Waals surface area contributed by atoms with Crippen molar-refractivity contribution in [3.8, 4) is 0 Å². The van der Waals surface area contributed by atoms with Gasteiger partial charge in [-0.05, 0) is 44.1 Å². The van der Waals surface area contributed by atoms with E-state index in [2.05, 4.69) is 46.8 Å². The van der Waals surface area contributed by atoms with Gasteiger partial charge in [0.2, 0.25) is 11.8 Å². The number of amides is 2. The monoisotopic (exact) mass is 557 g/mol. The van der Waals surface area contributed by atoms with Crippen LogP contribution in [-0.4, -0.2) is 75.5 Å². The van der Waals surface area contributed by atoms with Crippen molar-refractivity contribution >= 4 is 23.5 Å². The third kappa shape index (κ3) is 6.34. The zero-order valence-electron chi connectivity index (χ0n) is 23.5. The summed E-state index contributed by atoms with van der Waals surface area (Å²) in [7, 11) is 0. The number of anilines is 2. The third-order valence-electron chi connectivity index (χ3n) is 8.72. The Bertz CT molecular complexity index is 1330. The van der Waals surface area contributed by atoms with E-state index in [1.807, 2.05) is 41.2 Å². The predicted molar refractivity (Wildman–Crippen MR) is 155 cm³/mol. The first kappa shape index (κ1) is 27.2. The van der Waals surface area contributed by atoms with Crippen LogP contribution in [0.2, 0.25) is 0 Å². The van der Waals surface area contributed by atoms with Crippen molar-refractivity contribution in [3.05, 3.63) is 60.2 Å². The van der Waals surface area contributed by atoms with E-state index < -0.39 is 11.5 Å². The number of benzene rings is 1. The number of hydrogen-bond donors (Lipinski definition) is 2. The average molecular weight is 558 g/mol. The van der Waals surface area contributed by atoms with Crippen LogP contribution >= 0.6 is 0 Å². The van der Waals surface area contributed by atoms with Gasteiger partial charge in [-0.25, -0.2) is 9.97 Å². The number of hydrogen-bond acceptors (Lipinski definition) is 8. The van der Waals surface area contributed by atoms with Gasteiger partial charge in [-0.2, -0.15) is 0 Å². The summed E-state index contributed by atoms with van der Waals surface area (Å²) in [5.74, 6) is 1.62. The van der Waals surface area contributed by atoms with E-state index in [0.29, 0.717) is 51.9 Å². The molecule has 1 atom stereocenters. The molecule has 41 heavy (non-hydrogen) atoms. The molecule has 0 aliphatic carbocycles. The number of carbonyl (C=O) groups is 2. The van der Waals surface area contributed by atoms with Crippen LogP contribution in [-0.2, 0) is 29.0 Å². The van der Waals surface area contributed by atoms with Crippen LogP contribution in [0.25, 0.3) is 0 Å². The van der Waals surface area contributed by atoms with E-state index in [0.717, 1.165) is 42.4 Å². The quantitative estimate of drug-likeness (QED) is 0.501. The van der Waals surface area contributed by atoms with Gasteiger partial charge in [-0.15, -0.1) is 5.10 Å². The van der Waals surface area contributed by atoms with Crippen LogP contribution in [0.1, 0.15) is 49.8 Å². The standard InChI is InChI=1S/C30H39N9O2/c40-28-25(18-23-8-3-1-4-9-23)34-29(41)30(20-24-21-39(36-35-24)15-7-12-31-28)10-16-38(17-11-30)27-19-26(32-22-33-27)37-13-5-2-6-14-37/h1,3-4,8-9,19,21-22,25H,2,5-7,10-18,20H2,(H,31,40)(H,34,41)/t25-/m0/s1. The number of rotatable bonds is 4. The number of carbonyl (C=O) groups excluding carboxylic acids is 2. The Hall–Kier alpha value is -4.02. The van der Waals surface area contributed by atoms with Crippen LogP contribution in [0.3, 0.4) is 0 Å². The molecule has 0 unspecified atom stereocenters. The highest BCUT2D eigenvalue weighted by molar-refractivity contribution is 5.90. The van der Waals surface area contributed by atoms with Crippen molar-refractivity contribution in [1.29, 1.82) is 0 Å². The molecule has 11 nitrogen and oxygen atoms in total. The lowest BCUT2D eigenvalue weighted by atomic mass is 9.73. The molecule has 5 heterocycles.